The summed E-state index contributed by atoms with van der Waals surface area (Å²) >= 11 is 4.69. The van der Waals surface area contributed by atoms with Crippen LogP contribution in [0.5, 0.6) is 0 Å². The molecule has 1 aliphatic heterocycles. The molecule has 8 nitrogen and oxygen atoms in total. The van der Waals surface area contributed by atoms with Crippen LogP contribution in [0.4, 0.5) is 0 Å². The van der Waals surface area contributed by atoms with Gasteiger partial charge in [-0.1, -0.05) is 33.8 Å². The quantitative estimate of drug-likeness (QED) is 0.567. The fourth-order valence-electron chi connectivity index (χ4n) is 2.89. The van der Waals surface area contributed by atoms with Crippen LogP contribution in [-0.2, 0) is 17.9 Å². The van der Waals surface area contributed by atoms with E-state index in [1.165, 1.54) is 11.8 Å². The molecule has 4 rings (SSSR count). The maximum Gasteiger partial charge on any atom is 0.250 e. The van der Waals surface area contributed by atoms with Crippen molar-refractivity contribution in [3.8, 4) is 5.69 Å². The third-order valence-corrected chi connectivity index (χ3v) is 5.71. The highest BCUT2D eigenvalue weighted by Gasteiger charge is 2.22. The Labute approximate surface area is 167 Å². The Morgan fingerprint density at radius 1 is 1.15 bits per heavy atom. The van der Waals surface area contributed by atoms with E-state index in [0.717, 1.165) is 15.9 Å². The molecule has 0 bridgehead atoms. The normalized spacial score (nSPS) is 13.4. The van der Waals surface area contributed by atoms with Crippen molar-refractivity contribution in [3.05, 3.63) is 63.0 Å². The van der Waals surface area contributed by atoms with E-state index in [1.54, 1.807) is 26.3 Å². The Hall–Kier alpha value is -2.46. The summed E-state index contributed by atoms with van der Waals surface area (Å²) in [6.07, 6.45) is 0. The molecule has 3 heterocycles. The first-order valence-electron chi connectivity index (χ1n) is 8.25. The summed E-state index contributed by atoms with van der Waals surface area (Å²) in [5.74, 6) is 0.224. The fraction of sp³-hybridized carbons (Fsp3) is 0.235. The van der Waals surface area contributed by atoms with Crippen LogP contribution in [0.2, 0.25) is 0 Å². The zero-order valence-corrected chi connectivity index (χ0v) is 16.6. The minimum Gasteiger partial charge on any atom is -0.334 e. The first-order valence-corrected chi connectivity index (χ1v) is 10.0. The second-order valence-electron chi connectivity index (χ2n) is 5.96. The van der Waals surface area contributed by atoms with E-state index in [9.17, 15) is 9.59 Å². The zero-order chi connectivity index (χ0) is 18.8. The number of hydrogen-bond donors (Lipinski definition) is 0. The van der Waals surface area contributed by atoms with Crippen LogP contribution >= 0.6 is 27.7 Å². The molecule has 138 valence electrons. The smallest absolute Gasteiger partial charge is 0.250 e. The molecule has 0 fully saturated rings. The van der Waals surface area contributed by atoms with Gasteiger partial charge in [-0.3, -0.25) is 9.59 Å². The van der Waals surface area contributed by atoms with Crippen LogP contribution in [-0.4, -0.2) is 47.9 Å². The van der Waals surface area contributed by atoms with E-state index in [4.69, 9.17) is 0 Å². The first kappa shape index (κ1) is 17.9. The van der Waals surface area contributed by atoms with E-state index in [1.807, 2.05) is 30.3 Å². The van der Waals surface area contributed by atoms with Gasteiger partial charge in [-0.05, 0) is 40.8 Å². The van der Waals surface area contributed by atoms with Crippen molar-refractivity contribution in [2.45, 2.75) is 18.2 Å². The van der Waals surface area contributed by atoms with E-state index in [2.05, 4.69) is 31.5 Å². The highest BCUT2D eigenvalue weighted by molar-refractivity contribution is 9.10. The number of carbonyl (C=O) groups is 1. The molecular weight excluding hydrogens is 432 g/mol. The number of fused-ring (bicyclic) bond motifs is 1. The van der Waals surface area contributed by atoms with Gasteiger partial charge in [0, 0.05) is 29.3 Å². The van der Waals surface area contributed by atoms with E-state index >= 15 is 0 Å². The average molecular weight is 447 g/mol. The average Bonchev–Trinajstić information content (AvgIpc) is 3.15. The molecule has 1 amide bonds. The third kappa shape index (κ3) is 3.81. The largest absolute Gasteiger partial charge is 0.334 e. The van der Waals surface area contributed by atoms with Crippen LogP contribution < -0.4 is 5.56 Å². The molecule has 3 aromatic rings. The van der Waals surface area contributed by atoms with Crippen LogP contribution in [0.15, 0.2) is 56.9 Å². The lowest BCUT2D eigenvalue weighted by Gasteiger charge is -2.29. The van der Waals surface area contributed by atoms with Gasteiger partial charge in [-0.2, -0.15) is 4.68 Å². The Morgan fingerprint density at radius 2 is 1.96 bits per heavy atom. The molecule has 0 aliphatic carbocycles. The zero-order valence-electron chi connectivity index (χ0n) is 14.2. The lowest BCUT2D eigenvalue weighted by atomic mass is 10.2. The highest BCUT2D eigenvalue weighted by atomic mass is 79.9. The van der Waals surface area contributed by atoms with Gasteiger partial charge in [0.05, 0.1) is 18.0 Å². The Balaban J connectivity index is 1.43. The number of tetrazole rings is 1. The standard InChI is InChI=1S/C17H15BrN6O2S/c18-12-4-6-13(7-5-12)24-17(19-20-21-24)27-11-16(26)22-8-9-23-14(10-22)2-1-3-15(23)25/h1-7H,8-11H2. The lowest BCUT2D eigenvalue weighted by molar-refractivity contribution is -0.129. The number of aromatic nitrogens is 5. The molecule has 1 aromatic carbocycles. The van der Waals surface area contributed by atoms with Gasteiger partial charge in [0.2, 0.25) is 11.1 Å². The Kier molecular flexibility index (Phi) is 5.08. The predicted molar refractivity (Wildman–Crippen MR) is 104 cm³/mol. The number of carbonyl (C=O) groups excluding carboxylic acids is 1. The van der Waals surface area contributed by atoms with E-state index in [-0.39, 0.29) is 17.2 Å². The van der Waals surface area contributed by atoms with Gasteiger partial charge in [-0.15, -0.1) is 5.10 Å². The molecule has 0 saturated carbocycles. The van der Waals surface area contributed by atoms with E-state index < -0.39 is 0 Å². The molecule has 27 heavy (non-hydrogen) atoms. The second kappa shape index (κ2) is 7.65. The molecule has 0 saturated heterocycles. The first-order chi connectivity index (χ1) is 13.1. The third-order valence-electron chi connectivity index (χ3n) is 4.28. The minimum atomic E-state index is -0.0253. The number of pyridine rings is 1. The highest BCUT2D eigenvalue weighted by Crippen LogP contribution is 2.21. The number of benzene rings is 1. The van der Waals surface area contributed by atoms with Crippen molar-refractivity contribution in [1.82, 2.24) is 29.7 Å². The lowest BCUT2D eigenvalue weighted by Crippen LogP contribution is -2.42. The molecule has 0 unspecified atom stereocenters. The summed E-state index contributed by atoms with van der Waals surface area (Å²) in [7, 11) is 0. The summed E-state index contributed by atoms with van der Waals surface area (Å²) in [6, 6.07) is 12.7. The molecule has 0 radical (unpaired) electrons. The van der Waals surface area contributed by atoms with Crippen LogP contribution in [0.1, 0.15) is 5.69 Å². The number of hydrogen-bond acceptors (Lipinski definition) is 6. The summed E-state index contributed by atoms with van der Waals surface area (Å²) in [4.78, 5) is 26.2. The summed E-state index contributed by atoms with van der Waals surface area (Å²) in [6.45, 7) is 1.48. The number of rotatable bonds is 4. The minimum absolute atomic E-state index is 0.00657. The van der Waals surface area contributed by atoms with Gasteiger partial charge in [0.1, 0.15) is 0 Å². The SMILES string of the molecule is O=C(CSc1nnnn1-c1ccc(Br)cc1)N1CCn2c(cccc2=O)C1. The maximum atomic E-state index is 12.6. The number of amides is 1. The van der Waals surface area contributed by atoms with E-state index in [0.29, 0.717) is 24.8 Å². The predicted octanol–water partition coefficient (Wildman–Crippen LogP) is 1.72. The molecule has 1 aliphatic rings. The van der Waals surface area contributed by atoms with Gasteiger partial charge >= 0.3 is 0 Å². The fourth-order valence-corrected chi connectivity index (χ4v) is 3.95. The summed E-state index contributed by atoms with van der Waals surface area (Å²) < 4.78 is 4.29. The van der Waals surface area contributed by atoms with Gasteiger partial charge in [-0.25, -0.2) is 0 Å². The van der Waals surface area contributed by atoms with Crippen LogP contribution in [0.3, 0.4) is 0 Å². The monoisotopic (exact) mass is 446 g/mol. The van der Waals surface area contributed by atoms with Crippen molar-refractivity contribution >= 4 is 33.6 Å². The molecular formula is C17H15BrN6O2S. The summed E-state index contributed by atoms with van der Waals surface area (Å²) in [5, 5.41) is 12.3. The maximum absolute atomic E-state index is 12.6. The molecule has 0 atom stereocenters. The number of halogens is 1. The van der Waals surface area contributed by atoms with Crippen molar-refractivity contribution in [2.24, 2.45) is 0 Å². The molecule has 0 N–H and O–H groups in total. The second-order valence-corrected chi connectivity index (χ2v) is 7.82. The molecule has 0 spiro atoms. The van der Waals surface area contributed by atoms with Crippen molar-refractivity contribution < 1.29 is 4.79 Å². The number of thioether (sulfide) groups is 1. The van der Waals surface area contributed by atoms with Crippen molar-refractivity contribution in [2.75, 3.05) is 12.3 Å². The topological polar surface area (TPSA) is 85.9 Å². The van der Waals surface area contributed by atoms with Gasteiger partial charge < -0.3 is 9.47 Å². The Bertz CT molecular complexity index is 1030. The molecule has 2 aromatic heterocycles. The Morgan fingerprint density at radius 3 is 2.78 bits per heavy atom. The molecule has 10 heteroatoms. The van der Waals surface area contributed by atoms with Crippen molar-refractivity contribution in [1.29, 1.82) is 0 Å². The van der Waals surface area contributed by atoms with Crippen LogP contribution in [0.25, 0.3) is 5.69 Å². The van der Waals surface area contributed by atoms with Gasteiger partial charge in [0.25, 0.3) is 5.56 Å². The van der Waals surface area contributed by atoms with Crippen LogP contribution in [0, 0.1) is 0 Å². The summed E-state index contributed by atoms with van der Waals surface area (Å²) in [5.41, 5.74) is 1.65. The van der Waals surface area contributed by atoms with Gasteiger partial charge in [0.15, 0.2) is 0 Å². The van der Waals surface area contributed by atoms with Crippen molar-refractivity contribution in [3.63, 3.8) is 0 Å². The number of nitrogens with zero attached hydrogens (tertiary/aromatic N) is 6.